The molecular formula is C19H23ClN2O3S. The minimum absolute atomic E-state index is 0.150. The summed E-state index contributed by atoms with van der Waals surface area (Å²) in [6.07, 6.45) is 2.81. The molecule has 0 atom stereocenters. The Hall–Kier alpha value is -1.89. The topological polar surface area (TPSA) is 75.3 Å². The number of halogens is 1. The van der Waals surface area contributed by atoms with E-state index in [1.165, 1.54) is 24.3 Å². The molecule has 0 saturated heterocycles. The molecule has 7 heteroatoms. The van der Waals surface area contributed by atoms with Crippen molar-refractivity contribution in [1.82, 2.24) is 10.0 Å². The summed E-state index contributed by atoms with van der Waals surface area (Å²) in [7, 11) is -3.54. The van der Waals surface area contributed by atoms with E-state index >= 15 is 0 Å². The average Bonchev–Trinajstić information content (AvgIpc) is 2.64. The summed E-state index contributed by atoms with van der Waals surface area (Å²) in [5.74, 6) is -0.287. The van der Waals surface area contributed by atoms with Gasteiger partial charge in [-0.3, -0.25) is 4.79 Å². The molecule has 0 aliphatic rings. The Morgan fingerprint density at radius 3 is 2.38 bits per heavy atom. The molecule has 0 radical (unpaired) electrons. The minimum Gasteiger partial charge on any atom is -0.348 e. The number of rotatable bonds is 9. The van der Waals surface area contributed by atoms with E-state index in [2.05, 4.69) is 17.0 Å². The fourth-order valence-electron chi connectivity index (χ4n) is 2.37. The summed E-state index contributed by atoms with van der Waals surface area (Å²) in [5, 5.41) is 3.36. The van der Waals surface area contributed by atoms with Crippen LogP contribution in [0.4, 0.5) is 0 Å². The van der Waals surface area contributed by atoms with Gasteiger partial charge in [0.1, 0.15) is 0 Å². The Morgan fingerprint density at radius 2 is 1.73 bits per heavy atom. The van der Waals surface area contributed by atoms with Crippen LogP contribution in [0.3, 0.4) is 0 Å². The zero-order valence-corrected chi connectivity index (χ0v) is 16.2. The number of hydrogen-bond donors (Lipinski definition) is 2. The van der Waals surface area contributed by atoms with Gasteiger partial charge in [-0.25, -0.2) is 13.1 Å². The van der Waals surface area contributed by atoms with E-state index in [1.807, 2.05) is 18.2 Å². The smallest absolute Gasteiger partial charge is 0.251 e. The molecule has 2 N–H and O–H groups in total. The van der Waals surface area contributed by atoms with E-state index in [0.29, 0.717) is 23.7 Å². The molecule has 0 aliphatic heterocycles. The molecule has 0 aliphatic carbocycles. The number of carbonyl (C=O) groups is 1. The van der Waals surface area contributed by atoms with Crippen LogP contribution in [-0.4, -0.2) is 20.9 Å². The molecule has 2 aromatic carbocycles. The molecule has 0 fully saturated rings. The van der Waals surface area contributed by atoms with Crippen LogP contribution in [0.15, 0.2) is 53.4 Å². The highest BCUT2D eigenvalue weighted by molar-refractivity contribution is 7.89. The maximum atomic E-state index is 12.2. The predicted molar refractivity (Wildman–Crippen MR) is 104 cm³/mol. The van der Waals surface area contributed by atoms with Crippen molar-refractivity contribution in [3.05, 3.63) is 64.7 Å². The van der Waals surface area contributed by atoms with E-state index in [9.17, 15) is 13.2 Å². The molecule has 5 nitrogen and oxygen atoms in total. The zero-order valence-electron chi connectivity index (χ0n) is 14.7. The van der Waals surface area contributed by atoms with Crippen molar-refractivity contribution in [1.29, 1.82) is 0 Å². The molecular weight excluding hydrogens is 372 g/mol. The molecule has 0 heterocycles. The van der Waals surface area contributed by atoms with Gasteiger partial charge in [0.25, 0.3) is 5.91 Å². The number of hydrogen-bond acceptors (Lipinski definition) is 3. The van der Waals surface area contributed by atoms with Gasteiger partial charge in [-0.1, -0.05) is 49.6 Å². The Bertz CT molecular complexity index is 836. The number of nitrogens with one attached hydrogen (secondary N) is 2. The van der Waals surface area contributed by atoms with Gasteiger partial charge in [0.2, 0.25) is 10.0 Å². The highest BCUT2D eigenvalue weighted by atomic mass is 35.5. The van der Waals surface area contributed by atoms with Gasteiger partial charge in [0.15, 0.2) is 0 Å². The van der Waals surface area contributed by atoms with Crippen LogP contribution >= 0.6 is 11.6 Å². The molecule has 26 heavy (non-hydrogen) atoms. The standard InChI is InChI=1S/C19H23ClN2O3S/c1-2-3-6-13-22-26(24,25)17-11-9-15(10-12-17)19(23)21-14-16-7-4-5-8-18(16)20/h4-5,7-12,22H,2-3,6,13-14H2,1H3,(H,21,23). The summed E-state index contributed by atoms with van der Waals surface area (Å²) >= 11 is 6.06. The number of benzene rings is 2. The first kappa shape index (κ1) is 20.4. The van der Waals surface area contributed by atoms with Crippen molar-refractivity contribution in [2.75, 3.05) is 6.54 Å². The summed E-state index contributed by atoms with van der Waals surface area (Å²) in [6, 6.07) is 13.1. The molecule has 0 unspecified atom stereocenters. The summed E-state index contributed by atoms with van der Waals surface area (Å²) in [4.78, 5) is 12.4. The molecule has 0 spiro atoms. The van der Waals surface area contributed by atoms with Gasteiger partial charge >= 0.3 is 0 Å². The van der Waals surface area contributed by atoms with Crippen LogP contribution in [0, 0.1) is 0 Å². The van der Waals surface area contributed by atoms with Gasteiger partial charge in [0.05, 0.1) is 4.90 Å². The quantitative estimate of drug-likeness (QED) is 0.636. The second-order valence-electron chi connectivity index (χ2n) is 5.90. The Morgan fingerprint density at radius 1 is 1.04 bits per heavy atom. The Labute approximate surface area is 159 Å². The summed E-state index contributed by atoms with van der Waals surface area (Å²) in [5.41, 5.74) is 1.21. The maximum Gasteiger partial charge on any atom is 0.251 e. The lowest BCUT2D eigenvalue weighted by atomic mass is 10.2. The van der Waals surface area contributed by atoms with E-state index in [-0.39, 0.29) is 10.8 Å². The van der Waals surface area contributed by atoms with Gasteiger partial charge in [-0.15, -0.1) is 0 Å². The molecule has 2 rings (SSSR count). The fourth-order valence-corrected chi connectivity index (χ4v) is 3.65. The fraction of sp³-hybridized carbons (Fsp3) is 0.316. The first-order valence-corrected chi connectivity index (χ1v) is 10.4. The number of sulfonamides is 1. The third kappa shape index (κ3) is 5.83. The average molecular weight is 395 g/mol. The highest BCUT2D eigenvalue weighted by Gasteiger charge is 2.14. The van der Waals surface area contributed by atoms with Crippen LogP contribution in [-0.2, 0) is 16.6 Å². The lowest BCUT2D eigenvalue weighted by Crippen LogP contribution is -2.25. The second kappa shape index (κ2) is 9.71. The van der Waals surface area contributed by atoms with Crippen LogP contribution < -0.4 is 10.0 Å². The van der Waals surface area contributed by atoms with E-state index in [4.69, 9.17) is 11.6 Å². The molecule has 0 bridgehead atoms. The number of amides is 1. The molecule has 140 valence electrons. The largest absolute Gasteiger partial charge is 0.348 e. The predicted octanol–water partition coefficient (Wildman–Crippen LogP) is 3.74. The van der Waals surface area contributed by atoms with Gasteiger partial charge in [-0.05, 0) is 42.3 Å². The normalized spacial score (nSPS) is 11.3. The van der Waals surface area contributed by atoms with Crippen molar-refractivity contribution < 1.29 is 13.2 Å². The van der Waals surface area contributed by atoms with Crippen LogP contribution in [0.2, 0.25) is 5.02 Å². The molecule has 1 amide bonds. The van der Waals surface area contributed by atoms with E-state index in [1.54, 1.807) is 6.07 Å². The van der Waals surface area contributed by atoms with Crippen LogP contribution in [0.5, 0.6) is 0 Å². The monoisotopic (exact) mass is 394 g/mol. The first-order valence-electron chi connectivity index (χ1n) is 8.55. The van der Waals surface area contributed by atoms with Crippen molar-refractivity contribution in [3.63, 3.8) is 0 Å². The van der Waals surface area contributed by atoms with Gasteiger partial charge in [-0.2, -0.15) is 0 Å². The SMILES string of the molecule is CCCCCNS(=O)(=O)c1ccc(C(=O)NCc2ccccc2Cl)cc1. The first-order chi connectivity index (χ1) is 12.4. The van der Waals surface area contributed by atoms with Crippen molar-refractivity contribution in [2.45, 2.75) is 37.6 Å². The molecule has 2 aromatic rings. The highest BCUT2D eigenvalue weighted by Crippen LogP contribution is 2.15. The van der Waals surface area contributed by atoms with Gasteiger partial charge < -0.3 is 5.32 Å². The molecule has 0 saturated carbocycles. The third-order valence-corrected chi connectivity index (χ3v) is 5.74. The minimum atomic E-state index is -3.54. The lowest BCUT2D eigenvalue weighted by Gasteiger charge is -2.09. The summed E-state index contributed by atoms with van der Waals surface area (Å²) < 4.78 is 27.0. The summed E-state index contributed by atoms with van der Waals surface area (Å²) in [6.45, 7) is 2.78. The van der Waals surface area contributed by atoms with E-state index in [0.717, 1.165) is 24.8 Å². The van der Waals surface area contributed by atoms with Crippen LogP contribution in [0.1, 0.15) is 42.1 Å². The van der Waals surface area contributed by atoms with Gasteiger partial charge in [0, 0.05) is 23.7 Å². The number of carbonyl (C=O) groups excluding carboxylic acids is 1. The van der Waals surface area contributed by atoms with Crippen molar-refractivity contribution in [2.24, 2.45) is 0 Å². The zero-order chi connectivity index (χ0) is 19.0. The van der Waals surface area contributed by atoms with Crippen LogP contribution in [0.25, 0.3) is 0 Å². The Kier molecular flexibility index (Phi) is 7.63. The number of unbranched alkanes of at least 4 members (excludes halogenated alkanes) is 2. The van der Waals surface area contributed by atoms with Crippen molar-refractivity contribution in [3.8, 4) is 0 Å². The van der Waals surface area contributed by atoms with E-state index < -0.39 is 10.0 Å². The lowest BCUT2D eigenvalue weighted by molar-refractivity contribution is 0.0951. The third-order valence-electron chi connectivity index (χ3n) is 3.90. The molecule has 0 aromatic heterocycles. The maximum absolute atomic E-state index is 12.2. The van der Waals surface area contributed by atoms with Crippen molar-refractivity contribution >= 4 is 27.5 Å². The second-order valence-corrected chi connectivity index (χ2v) is 8.08. The Balaban J connectivity index is 1.95.